The summed E-state index contributed by atoms with van der Waals surface area (Å²) in [5, 5.41) is 1.20. The number of methoxy groups -OCH3 is 1. The molecular weight excluding hydrogens is 468 g/mol. The van der Waals surface area contributed by atoms with Gasteiger partial charge in [-0.2, -0.15) is 4.31 Å². The number of aryl methyl sites for hydroxylation is 2. The molecule has 36 heavy (non-hydrogen) atoms. The minimum atomic E-state index is -3.53. The van der Waals surface area contributed by atoms with Crippen LogP contribution in [0.15, 0.2) is 77.7 Å². The Morgan fingerprint density at radius 2 is 1.72 bits per heavy atom. The average molecular weight is 501 g/mol. The van der Waals surface area contributed by atoms with E-state index in [9.17, 15) is 8.42 Å². The minimum Gasteiger partial charge on any atom is -0.497 e. The van der Waals surface area contributed by atoms with Gasteiger partial charge in [-0.25, -0.2) is 8.42 Å². The van der Waals surface area contributed by atoms with Crippen molar-refractivity contribution in [1.29, 1.82) is 0 Å². The number of fused-ring (bicyclic) bond motifs is 1. The van der Waals surface area contributed by atoms with Crippen molar-refractivity contribution in [3.63, 3.8) is 0 Å². The second kappa shape index (κ2) is 9.60. The number of sulfonamides is 1. The Labute approximate surface area is 213 Å². The molecule has 0 fully saturated rings. The molecule has 0 aliphatic carbocycles. The number of hydrogen-bond donors (Lipinski definition) is 0. The van der Waals surface area contributed by atoms with E-state index >= 15 is 0 Å². The van der Waals surface area contributed by atoms with E-state index in [4.69, 9.17) is 4.74 Å². The van der Waals surface area contributed by atoms with Crippen LogP contribution in [0.5, 0.6) is 5.75 Å². The lowest BCUT2D eigenvalue weighted by atomic mass is 9.97. The maximum Gasteiger partial charge on any atom is 0.243 e. The molecule has 0 radical (unpaired) electrons. The maximum atomic E-state index is 13.3. The number of nitrogens with zero attached hydrogens (tertiary/aromatic N) is 2. The lowest BCUT2D eigenvalue weighted by Crippen LogP contribution is -2.34. The van der Waals surface area contributed by atoms with Gasteiger partial charge in [-0.1, -0.05) is 42.5 Å². The fourth-order valence-electron chi connectivity index (χ4n) is 5.11. The lowest BCUT2D eigenvalue weighted by molar-refractivity contribution is 0.414. The lowest BCUT2D eigenvalue weighted by Gasteiger charge is -2.26. The van der Waals surface area contributed by atoms with Gasteiger partial charge in [0.05, 0.1) is 12.0 Å². The van der Waals surface area contributed by atoms with Crippen LogP contribution in [0.2, 0.25) is 0 Å². The number of hydrogen-bond acceptors (Lipinski definition) is 3. The molecule has 0 atom stereocenters. The Kier molecular flexibility index (Phi) is 6.49. The first-order valence-corrected chi connectivity index (χ1v) is 13.7. The highest BCUT2D eigenvalue weighted by Gasteiger charge is 2.28. The first kappa shape index (κ1) is 24.3. The fraction of sp³-hybridized carbons (Fsp3) is 0.267. The van der Waals surface area contributed by atoms with Gasteiger partial charge in [-0.05, 0) is 79.8 Å². The molecule has 5 nitrogen and oxygen atoms in total. The SMILES string of the molecule is COc1cccc(Cn2c(C)c(C3=CCN(S(=O)(=O)c4ccc(C)c(C)c4)CC3)c3ccccc32)c1. The van der Waals surface area contributed by atoms with Gasteiger partial charge >= 0.3 is 0 Å². The molecule has 0 N–H and O–H groups in total. The van der Waals surface area contributed by atoms with Crippen molar-refractivity contribution in [2.75, 3.05) is 20.2 Å². The number of aromatic nitrogens is 1. The van der Waals surface area contributed by atoms with Gasteiger partial charge in [0.2, 0.25) is 10.0 Å². The molecule has 0 saturated heterocycles. The highest BCUT2D eigenvalue weighted by molar-refractivity contribution is 7.89. The Hall–Kier alpha value is -3.35. The van der Waals surface area contributed by atoms with Crippen molar-refractivity contribution < 1.29 is 13.2 Å². The summed E-state index contributed by atoms with van der Waals surface area (Å²) in [7, 11) is -1.84. The normalized spacial score (nSPS) is 14.7. The molecule has 2 heterocycles. The number of benzene rings is 3. The smallest absolute Gasteiger partial charge is 0.243 e. The zero-order valence-corrected chi connectivity index (χ0v) is 22.1. The van der Waals surface area contributed by atoms with Gasteiger partial charge in [0, 0.05) is 41.8 Å². The summed E-state index contributed by atoms with van der Waals surface area (Å²) in [5.74, 6) is 0.849. The van der Waals surface area contributed by atoms with Gasteiger partial charge in [0.15, 0.2) is 0 Å². The van der Waals surface area contributed by atoms with Gasteiger partial charge < -0.3 is 9.30 Å². The van der Waals surface area contributed by atoms with Crippen LogP contribution in [0.25, 0.3) is 16.5 Å². The molecule has 186 valence electrons. The second-order valence-electron chi connectivity index (χ2n) is 9.50. The predicted molar refractivity (Wildman–Crippen MR) is 146 cm³/mol. The molecule has 5 rings (SSSR count). The standard InChI is InChI=1S/C30H32N2O3S/c1-21-12-13-27(18-22(21)2)36(33,34)31-16-14-25(15-17-31)30-23(3)32(29-11-6-5-10-28(29)30)20-24-8-7-9-26(19-24)35-4/h5-14,18-19H,15-17,20H2,1-4H3. The summed E-state index contributed by atoms with van der Waals surface area (Å²) in [4.78, 5) is 0.369. The molecule has 4 aromatic rings. The van der Waals surface area contributed by atoms with Crippen LogP contribution in [0.4, 0.5) is 0 Å². The van der Waals surface area contributed by atoms with Gasteiger partial charge in [-0.15, -0.1) is 0 Å². The van der Waals surface area contributed by atoms with Crippen molar-refractivity contribution in [3.8, 4) is 5.75 Å². The van der Waals surface area contributed by atoms with Gasteiger partial charge in [0.1, 0.15) is 5.75 Å². The number of ether oxygens (including phenoxy) is 1. The molecule has 1 aliphatic heterocycles. The molecule has 0 bridgehead atoms. The van der Waals surface area contributed by atoms with Crippen LogP contribution >= 0.6 is 0 Å². The molecule has 0 unspecified atom stereocenters. The Morgan fingerprint density at radius 1 is 0.917 bits per heavy atom. The van der Waals surface area contributed by atoms with Gasteiger partial charge in [0.25, 0.3) is 0 Å². The van der Waals surface area contributed by atoms with Crippen molar-refractivity contribution in [2.24, 2.45) is 0 Å². The molecular formula is C30H32N2O3S. The first-order chi connectivity index (χ1) is 17.3. The van der Waals surface area contributed by atoms with Crippen LogP contribution in [0, 0.1) is 20.8 Å². The van der Waals surface area contributed by atoms with E-state index < -0.39 is 10.0 Å². The van der Waals surface area contributed by atoms with E-state index in [-0.39, 0.29) is 0 Å². The predicted octanol–water partition coefficient (Wildman–Crippen LogP) is 6.10. The second-order valence-corrected chi connectivity index (χ2v) is 11.4. The number of para-hydroxylation sites is 1. The molecule has 1 aliphatic rings. The molecule has 6 heteroatoms. The summed E-state index contributed by atoms with van der Waals surface area (Å²) in [6.45, 7) is 7.69. The Balaban J connectivity index is 1.48. The molecule has 0 saturated carbocycles. The average Bonchev–Trinajstić information content (AvgIpc) is 3.16. The Bertz CT molecular complexity index is 1580. The van der Waals surface area contributed by atoms with E-state index in [1.165, 1.54) is 33.3 Å². The van der Waals surface area contributed by atoms with E-state index in [0.717, 1.165) is 23.4 Å². The van der Waals surface area contributed by atoms with Crippen LogP contribution in [0.1, 0.15) is 34.4 Å². The summed E-state index contributed by atoms with van der Waals surface area (Å²) >= 11 is 0. The third-order valence-electron chi connectivity index (χ3n) is 7.31. The quantitative estimate of drug-likeness (QED) is 0.321. The first-order valence-electron chi connectivity index (χ1n) is 12.3. The van der Waals surface area contributed by atoms with E-state index in [1.54, 1.807) is 23.5 Å². The third-order valence-corrected chi connectivity index (χ3v) is 9.18. The highest BCUT2D eigenvalue weighted by Crippen LogP contribution is 2.36. The monoisotopic (exact) mass is 500 g/mol. The summed E-state index contributed by atoms with van der Waals surface area (Å²) < 4.78 is 36.0. The summed E-state index contributed by atoms with van der Waals surface area (Å²) in [6.07, 6.45) is 2.77. The van der Waals surface area contributed by atoms with E-state index in [2.05, 4.69) is 54.0 Å². The van der Waals surface area contributed by atoms with Crippen LogP contribution in [0.3, 0.4) is 0 Å². The topological polar surface area (TPSA) is 51.5 Å². The largest absolute Gasteiger partial charge is 0.497 e. The zero-order chi connectivity index (χ0) is 25.4. The van der Waals surface area contributed by atoms with Crippen LogP contribution in [-0.2, 0) is 16.6 Å². The Morgan fingerprint density at radius 3 is 2.44 bits per heavy atom. The van der Waals surface area contributed by atoms with Gasteiger partial charge in [-0.3, -0.25) is 0 Å². The fourth-order valence-corrected chi connectivity index (χ4v) is 6.58. The van der Waals surface area contributed by atoms with Crippen molar-refractivity contribution in [1.82, 2.24) is 8.87 Å². The zero-order valence-electron chi connectivity index (χ0n) is 21.3. The van der Waals surface area contributed by atoms with E-state index in [1.807, 2.05) is 32.0 Å². The highest BCUT2D eigenvalue weighted by atomic mass is 32.2. The van der Waals surface area contributed by atoms with Crippen molar-refractivity contribution >= 4 is 26.5 Å². The number of rotatable bonds is 6. The molecule has 3 aromatic carbocycles. The third kappa shape index (κ3) is 4.36. The summed E-state index contributed by atoms with van der Waals surface area (Å²) in [6, 6.07) is 22.0. The van der Waals surface area contributed by atoms with Crippen molar-refractivity contribution in [3.05, 3.63) is 101 Å². The minimum absolute atomic E-state index is 0.369. The van der Waals surface area contributed by atoms with E-state index in [0.29, 0.717) is 24.4 Å². The van der Waals surface area contributed by atoms with Crippen molar-refractivity contribution in [2.45, 2.75) is 38.6 Å². The van der Waals surface area contributed by atoms with Crippen LogP contribution < -0.4 is 4.74 Å². The maximum absolute atomic E-state index is 13.3. The summed E-state index contributed by atoms with van der Waals surface area (Å²) in [5.41, 5.74) is 8.05. The van der Waals surface area contributed by atoms with Crippen LogP contribution in [-0.4, -0.2) is 37.5 Å². The molecule has 1 aromatic heterocycles. The molecule has 0 spiro atoms. The molecule has 0 amide bonds.